The maximum absolute atomic E-state index is 11.2. The number of hydrogen-bond acceptors (Lipinski definition) is 3. The number of hydrogen-bond donors (Lipinski definition) is 1. The SMILES string of the molecule is CCN1CC2C3CCN(CC3)C2C1CC(C)C(=O)O. The normalized spacial score (nSPS) is 43.2. The van der Waals surface area contributed by atoms with E-state index < -0.39 is 5.97 Å². The highest BCUT2D eigenvalue weighted by Crippen LogP contribution is 2.45. The Balaban J connectivity index is 1.78. The molecule has 4 aliphatic rings. The molecule has 0 radical (unpaired) electrons. The minimum Gasteiger partial charge on any atom is -0.481 e. The number of fused-ring (bicyclic) bond motifs is 2. The zero-order valence-corrected chi connectivity index (χ0v) is 12.1. The van der Waals surface area contributed by atoms with E-state index in [0.29, 0.717) is 12.1 Å². The van der Waals surface area contributed by atoms with Crippen LogP contribution >= 0.6 is 0 Å². The van der Waals surface area contributed by atoms with Gasteiger partial charge in [0.05, 0.1) is 5.92 Å². The van der Waals surface area contributed by atoms with Gasteiger partial charge >= 0.3 is 5.97 Å². The number of carboxylic acids is 1. The first-order valence-electron chi connectivity index (χ1n) is 7.82. The summed E-state index contributed by atoms with van der Waals surface area (Å²) in [5.74, 6) is 0.831. The summed E-state index contributed by atoms with van der Waals surface area (Å²) in [5.41, 5.74) is 0. The molecule has 4 rings (SSSR count). The van der Waals surface area contributed by atoms with E-state index in [-0.39, 0.29) is 5.92 Å². The van der Waals surface area contributed by atoms with Gasteiger partial charge in [0.1, 0.15) is 0 Å². The van der Waals surface area contributed by atoms with Crippen molar-refractivity contribution >= 4 is 5.97 Å². The molecule has 0 aromatic carbocycles. The van der Waals surface area contributed by atoms with Gasteiger partial charge in [-0.15, -0.1) is 0 Å². The van der Waals surface area contributed by atoms with Gasteiger partial charge in [0.2, 0.25) is 0 Å². The van der Waals surface area contributed by atoms with E-state index >= 15 is 0 Å². The summed E-state index contributed by atoms with van der Waals surface area (Å²) in [4.78, 5) is 16.4. The minimum absolute atomic E-state index is 0.223. The van der Waals surface area contributed by atoms with E-state index in [9.17, 15) is 9.90 Å². The van der Waals surface area contributed by atoms with Crippen LogP contribution in [0.25, 0.3) is 0 Å². The average Bonchev–Trinajstić information content (AvgIpc) is 2.80. The highest BCUT2D eigenvalue weighted by molar-refractivity contribution is 5.69. The Kier molecular flexibility index (Phi) is 3.56. The first-order valence-corrected chi connectivity index (χ1v) is 7.82. The van der Waals surface area contributed by atoms with Crippen LogP contribution < -0.4 is 0 Å². The quantitative estimate of drug-likeness (QED) is 0.838. The van der Waals surface area contributed by atoms with Crippen LogP contribution in [-0.2, 0) is 4.79 Å². The van der Waals surface area contributed by atoms with Gasteiger partial charge < -0.3 is 5.11 Å². The number of carbonyl (C=O) groups is 1. The molecule has 1 N–H and O–H groups in total. The highest BCUT2D eigenvalue weighted by atomic mass is 16.4. The van der Waals surface area contributed by atoms with Gasteiger partial charge in [0.15, 0.2) is 0 Å². The summed E-state index contributed by atoms with van der Waals surface area (Å²) in [6.07, 6.45) is 3.54. The third-order valence-electron chi connectivity index (χ3n) is 5.77. The van der Waals surface area contributed by atoms with Crippen LogP contribution in [0.15, 0.2) is 0 Å². The molecule has 4 saturated heterocycles. The van der Waals surface area contributed by atoms with Crippen molar-refractivity contribution < 1.29 is 9.90 Å². The molecule has 2 bridgehead atoms. The molecule has 4 aliphatic heterocycles. The van der Waals surface area contributed by atoms with Crippen molar-refractivity contribution in [1.29, 1.82) is 0 Å². The van der Waals surface area contributed by atoms with Crippen LogP contribution in [0.1, 0.15) is 33.1 Å². The number of likely N-dealkylation sites (tertiary alicyclic amines) is 1. The number of likely N-dealkylation sites (N-methyl/N-ethyl adjacent to an activating group) is 1. The fourth-order valence-corrected chi connectivity index (χ4v) is 4.72. The maximum Gasteiger partial charge on any atom is 0.306 e. The third kappa shape index (κ3) is 2.19. The highest BCUT2D eigenvalue weighted by Gasteiger charge is 2.52. The summed E-state index contributed by atoms with van der Waals surface area (Å²) in [5, 5.41) is 9.20. The van der Waals surface area contributed by atoms with Crippen molar-refractivity contribution in [1.82, 2.24) is 9.80 Å². The topological polar surface area (TPSA) is 43.8 Å². The molecule has 0 aromatic rings. The van der Waals surface area contributed by atoms with Gasteiger partial charge in [0.25, 0.3) is 0 Å². The van der Waals surface area contributed by atoms with Gasteiger partial charge in [-0.3, -0.25) is 14.6 Å². The zero-order chi connectivity index (χ0) is 13.6. The number of aliphatic carboxylic acids is 1. The zero-order valence-electron chi connectivity index (χ0n) is 12.1. The summed E-state index contributed by atoms with van der Waals surface area (Å²) in [6.45, 7) is 8.81. The lowest BCUT2D eigenvalue weighted by molar-refractivity contribution is -0.142. The molecule has 108 valence electrons. The van der Waals surface area contributed by atoms with Crippen LogP contribution in [0, 0.1) is 17.8 Å². The number of rotatable bonds is 4. The predicted octanol–water partition coefficient (Wildman–Crippen LogP) is 1.51. The van der Waals surface area contributed by atoms with Crippen LogP contribution in [-0.4, -0.2) is 59.1 Å². The fourth-order valence-electron chi connectivity index (χ4n) is 4.72. The van der Waals surface area contributed by atoms with Crippen molar-refractivity contribution in [3.05, 3.63) is 0 Å². The number of piperidine rings is 3. The largest absolute Gasteiger partial charge is 0.481 e. The second-order valence-electron chi connectivity index (χ2n) is 6.66. The molecule has 19 heavy (non-hydrogen) atoms. The molecular weight excluding hydrogens is 240 g/mol. The van der Waals surface area contributed by atoms with E-state index in [4.69, 9.17) is 0 Å². The van der Waals surface area contributed by atoms with Crippen molar-refractivity contribution in [2.45, 2.75) is 45.2 Å². The van der Waals surface area contributed by atoms with Crippen molar-refractivity contribution in [2.24, 2.45) is 17.8 Å². The third-order valence-corrected chi connectivity index (χ3v) is 5.77. The molecular formula is C15H26N2O2. The molecule has 0 saturated carbocycles. The lowest BCUT2D eigenvalue weighted by Gasteiger charge is -2.49. The van der Waals surface area contributed by atoms with E-state index in [0.717, 1.165) is 24.8 Å². The molecule has 0 aliphatic carbocycles. The van der Waals surface area contributed by atoms with Crippen molar-refractivity contribution in [3.8, 4) is 0 Å². The summed E-state index contributed by atoms with van der Waals surface area (Å²) < 4.78 is 0. The fraction of sp³-hybridized carbons (Fsp3) is 0.933. The van der Waals surface area contributed by atoms with E-state index in [1.54, 1.807) is 0 Å². The molecule has 4 heterocycles. The minimum atomic E-state index is -0.643. The van der Waals surface area contributed by atoms with Crippen LogP contribution in [0.4, 0.5) is 0 Å². The monoisotopic (exact) mass is 266 g/mol. The number of nitrogens with zero attached hydrogens (tertiary/aromatic N) is 2. The van der Waals surface area contributed by atoms with Crippen molar-refractivity contribution in [2.75, 3.05) is 26.2 Å². The second-order valence-corrected chi connectivity index (χ2v) is 6.66. The summed E-state index contributed by atoms with van der Waals surface area (Å²) in [6, 6.07) is 1.10. The molecule has 4 nitrogen and oxygen atoms in total. The number of carboxylic acid groups (broad SMARTS) is 1. The van der Waals surface area contributed by atoms with E-state index in [1.807, 2.05) is 6.92 Å². The Labute approximate surface area is 115 Å². The Morgan fingerprint density at radius 3 is 2.63 bits per heavy atom. The predicted molar refractivity (Wildman–Crippen MR) is 74.0 cm³/mol. The first-order chi connectivity index (χ1) is 9.11. The lowest BCUT2D eigenvalue weighted by Crippen LogP contribution is -2.57. The van der Waals surface area contributed by atoms with Gasteiger partial charge in [0, 0.05) is 18.6 Å². The molecule has 4 heteroatoms. The van der Waals surface area contributed by atoms with Crippen LogP contribution in [0.5, 0.6) is 0 Å². The maximum atomic E-state index is 11.2. The van der Waals surface area contributed by atoms with E-state index in [2.05, 4.69) is 16.7 Å². The molecule has 0 aromatic heterocycles. The Hall–Kier alpha value is -0.610. The molecule has 4 unspecified atom stereocenters. The van der Waals surface area contributed by atoms with Gasteiger partial charge in [-0.1, -0.05) is 13.8 Å². The average molecular weight is 266 g/mol. The van der Waals surface area contributed by atoms with Crippen LogP contribution in [0.2, 0.25) is 0 Å². The van der Waals surface area contributed by atoms with Gasteiger partial charge in [-0.05, 0) is 50.7 Å². The molecule has 0 amide bonds. The smallest absolute Gasteiger partial charge is 0.306 e. The van der Waals surface area contributed by atoms with Gasteiger partial charge in [-0.2, -0.15) is 0 Å². The van der Waals surface area contributed by atoms with E-state index in [1.165, 1.54) is 32.5 Å². The summed E-state index contributed by atoms with van der Waals surface area (Å²) in [7, 11) is 0. The first kappa shape index (κ1) is 13.4. The Morgan fingerprint density at radius 1 is 1.37 bits per heavy atom. The van der Waals surface area contributed by atoms with Crippen molar-refractivity contribution in [3.63, 3.8) is 0 Å². The second kappa shape index (κ2) is 5.06. The summed E-state index contributed by atoms with van der Waals surface area (Å²) >= 11 is 0. The van der Waals surface area contributed by atoms with Crippen LogP contribution in [0.3, 0.4) is 0 Å². The van der Waals surface area contributed by atoms with Gasteiger partial charge in [-0.25, -0.2) is 0 Å². The Bertz CT molecular complexity index is 352. The molecule has 4 fully saturated rings. The molecule has 4 atom stereocenters. The molecule has 0 spiro atoms. The lowest BCUT2D eigenvalue weighted by atomic mass is 9.73. The standard InChI is InChI=1S/C15H26N2O2/c1-3-16-9-12-11-4-6-17(7-5-11)14(12)13(16)8-10(2)15(18)19/h10-14H,3-9H2,1-2H3,(H,18,19). The Morgan fingerprint density at radius 2 is 2.05 bits per heavy atom.